The minimum absolute atomic E-state index is 0.311. The number of ether oxygens (including phenoxy) is 2. The molecule has 0 radical (unpaired) electrons. The summed E-state index contributed by atoms with van der Waals surface area (Å²) in [5, 5.41) is 10.3. The van der Waals surface area contributed by atoms with Crippen LogP contribution in [0, 0.1) is 0 Å². The van der Waals surface area contributed by atoms with Crippen LogP contribution in [0.15, 0.2) is 65.8 Å². The number of thioether (sulfide) groups is 1. The van der Waals surface area contributed by atoms with Crippen LogP contribution in [0.3, 0.4) is 0 Å². The summed E-state index contributed by atoms with van der Waals surface area (Å²) in [5.41, 5.74) is 2.31. The molecule has 5 rings (SSSR count). The third-order valence-corrected chi connectivity index (χ3v) is 7.88. The molecule has 3 heterocycles. The van der Waals surface area contributed by atoms with Crippen molar-refractivity contribution < 1.29 is 9.47 Å². The van der Waals surface area contributed by atoms with E-state index < -0.39 is 0 Å². The summed E-state index contributed by atoms with van der Waals surface area (Å²) in [4.78, 5) is 2.52. The quantitative estimate of drug-likeness (QED) is 0.372. The lowest BCUT2D eigenvalue weighted by Crippen LogP contribution is -2.33. The van der Waals surface area contributed by atoms with E-state index in [0.717, 1.165) is 80.1 Å². The summed E-state index contributed by atoms with van der Waals surface area (Å²) in [6.07, 6.45) is 9.24. The molecule has 2 aliphatic heterocycles. The van der Waals surface area contributed by atoms with Crippen LogP contribution in [0.25, 0.3) is 11.8 Å². The van der Waals surface area contributed by atoms with Crippen LogP contribution in [-0.2, 0) is 4.74 Å². The summed E-state index contributed by atoms with van der Waals surface area (Å²) >= 11 is 1.75. The molecule has 7 heteroatoms. The first-order valence-electron chi connectivity index (χ1n) is 12.6. The van der Waals surface area contributed by atoms with Crippen molar-refractivity contribution in [1.29, 1.82) is 0 Å². The topological polar surface area (TPSA) is 52.4 Å². The maximum Gasteiger partial charge on any atom is 0.195 e. The molecule has 184 valence electrons. The maximum atomic E-state index is 5.84. The molecule has 2 fully saturated rings. The number of aromatic nitrogens is 3. The Morgan fingerprint density at radius 1 is 1.06 bits per heavy atom. The number of methoxy groups -OCH3 is 1. The van der Waals surface area contributed by atoms with Gasteiger partial charge in [0, 0.05) is 30.9 Å². The minimum Gasteiger partial charge on any atom is -0.497 e. The molecule has 2 aromatic carbocycles. The van der Waals surface area contributed by atoms with Crippen molar-refractivity contribution in [3.05, 3.63) is 72.1 Å². The number of nitrogens with zero attached hydrogens (tertiary/aromatic N) is 4. The number of benzene rings is 2. The van der Waals surface area contributed by atoms with E-state index in [4.69, 9.17) is 14.6 Å². The maximum absolute atomic E-state index is 5.84. The van der Waals surface area contributed by atoms with E-state index in [1.807, 2.05) is 12.1 Å². The smallest absolute Gasteiger partial charge is 0.195 e. The van der Waals surface area contributed by atoms with Crippen molar-refractivity contribution in [2.75, 3.05) is 39.1 Å². The van der Waals surface area contributed by atoms with E-state index in [1.165, 1.54) is 5.56 Å². The normalized spacial score (nSPS) is 19.5. The van der Waals surface area contributed by atoms with Gasteiger partial charge in [-0.25, -0.2) is 0 Å². The van der Waals surface area contributed by atoms with Crippen LogP contribution < -0.4 is 4.74 Å². The second-order valence-electron chi connectivity index (χ2n) is 9.21. The monoisotopic (exact) mass is 490 g/mol. The first-order chi connectivity index (χ1) is 17.3. The average molecular weight is 491 g/mol. The largest absolute Gasteiger partial charge is 0.497 e. The van der Waals surface area contributed by atoms with Gasteiger partial charge in [0.1, 0.15) is 11.6 Å². The fraction of sp³-hybridized carbons (Fsp3) is 0.429. The Morgan fingerprint density at radius 3 is 2.69 bits per heavy atom. The van der Waals surface area contributed by atoms with Gasteiger partial charge < -0.3 is 9.47 Å². The summed E-state index contributed by atoms with van der Waals surface area (Å²) in [5.74, 6) is 3.21. The van der Waals surface area contributed by atoms with Gasteiger partial charge in [-0.15, -0.1) is 10.2 Å². The predicted octanol–water partition coefficient (Wildman–Crippen LogP) is 5.44. The Labute approximate surface area is 212 Å². The molecule has 0 amide bonds. The van der Waals surface area contributed by atoms with Crippen LogP contribution >= 0.6 is 11.8 Å². The molecule has 0 N–H and O–H groups in total. The van der Waals surface area contributed by atoms with Crippen molar-refractivity contribution in [1.82, 2.24) is 19.7 Å². The zero-order valence-electron chi connectivity index (χ0n) is 20.4. The van der Waals surface area contributed by atoms with Crippen molar-refractivity contribution in [3.8, 4) is 11.4 Å². The van der Waals surface area contributed by atoms with Crippen LogP contribution in [0.2, 0.25) is 0 Å². The Bertz CT molecular complexity index is 1100. The fourth-order valence-electron chi connectivity index (χ4n) is 4.85. The summed E-state index contributed by atoms with van der Waals surface area (Å²) in [6.45, 7) is 3.98. The highest BCUT2D eigenvalue weighted by molar-refractivity contribution is 7.99. The lowest BCUT2D eigenvalue weighted by atomic mass is 9.95. The van der Waals surface area contributed by atoms with E-state index >= 15 is 0 Å². The molecule has 6 nitrogen and oxygen atoms in total. The highest BCUT2D eigenvalue weighted by atomic mass is 32.2. The lowest BCUT2D eigenvalue weighted by Gasteiger charge is -2.31. The zero-order chi connectivity index (χ0) is 23.9. The van der Waals surface area contributed by atoms with Crippen LogP contribution in [0.1, 0.15) is 43.0 Å². The molecule has 3 aromatic rings. The van der Waals surface area contributed by atoms with Gasteiger partial charge in [0.2, 0.25) is 0 Å². The molecule has 35 heavy (non-hydrogen) atoms. The molecule has 0 spiro atoms. The van der Waals surface area contributed by atoms with Crippen LogP contribution in [-0.4, -0.2) is 64.9 Å². The highest BCUT2D eigenvalue weighted by Crippen LogP contribution is 2.33. The molecule has 2 aliphatic rings. The Hall–Kier alpha value is -2.61. The van der Waals surface area contributed by atoms with Crippen molar-refractivity contribution in [2.45, 2.75) is 42.9 Å². The average Bonchev–Trinajstić information content (AvgIpc) is 3.59. The molecule has 1 unspecified atom stereocenters. The van der Waals surface area contributed by atoms with E-state index in [1.54, 1.807) is 18.9 Å². The number of rotatable bonds is 9. The van der Waals surface area contributed by atoms with Crippen molar-refractivity contribution >= 4 is 17.8 Å². The molecule has 0 saturated carbocycles. The molecule has 1 atom stereocenters. The number of hydrogen-bond donors (Lipinski definition) is 0. The third kappa shape index (κ3) is 6.15. The number of piperidine rings is 1. The van der Waals surface area contributed by atoms with Gasteiger partial charge in [0.25, 0.3) is 0 Å². The summed E-state index contributed by atoms with van der Waals surface area (Å²) < 4.78 is 13.6. The van der Waals surface area contributed by atoms with Gasteiger partial charge in [-0.05, 0) is 56.5 Å². The summed E-state index contributed by atoms with van der Waals surface area (Å²) in [6, 6.07) is 18.7. The molecule has 0 aliphatic carbocycles. The first-order valence-corrected chi connectivity index (χ1v) is 13.6. The minimum atomic E-state index is 0.311. The molecular formula is C28H34N4O2S. The molecule has 1 aromatic heterocycles. The Kier molecular flexibility index (Phi) is 8.18. The Balaban J connectivity index is 1.28. The van der Waals surface area contributed by atoms with Crippen LogP contribution in [0.4, 0.5) is 0 Å². The lowest BCUT2D eigenvalue weighted by molar-refractivity contribution is 0.129. The van der Waals surface area contributed by atoms with E-state index in [-0.39, 0.29) is 0 Å². The summed E-state index contributed by atoms with van der Waals surface area (Å²) in [7, 11) is 1.71. The van der Waals surface area contributed by atoms with Gasteiger partial charge in [0.15, 0.2) is 5.16 Å². The third-order valence-electron chi connectivity index (χ3n) is 6.82. The van der Waals surface area contributed by atoms with Gasteiger partial charge in [-0.3, -0.25) is 9.47 Å². The van der Waals surface area contributed by atoms with E-state index in [9.17, 15) is 0 Å². The zero-order valence-corrected chi connectivity index (χ0v) is 21.2. The predicted molar refractivity (Wildman–Crippen MR) is 141 cm³/mol. The van der Waals surface area contributed by atoms with Crippen LogP contribution in [0.5, 0.6) is 5.75 Å². The van der Waals surface area contributed by atoms with Crippen molar-refractivity contribution in [2.24, 2.45) is 0 Å². The van der Waals surface area contributed by atoms with Gasteiger partial charge in [-0.1, -0.05) is 60.3 Å². The van der Waals surface area contributed by atoms with Gasteiger partial charge in [0.05, 0.1) is 18.9 Å². The molecule has 2 saturated heterocycles. The van der Waals surface area contributed by atoms with Crippen molar-refractivity contribution in [3.63, 3.8) is 0 Å². The van der Waals surface area contributed by atoms with E-state index in [0.29, 0.717) is 12.0 Å². The first kappa shape index (κ1) is 24.1. The highest BCUT2D eigenvalue weighted by Gasteiger charge is 2.27. The standard InChI is InChI=1S/C28H34N4O2S/c1-33-25-12-5-11-24(20-25)32-27(29-30-28(32)35-21-26-13-7-19-34-26)23-14-17-31(18-15-23)16-6-10-22-8-3-2-4-9-22/h2-6,8-12,20,23,26H,7,13-19,21H2,1H3/b10-6+. The molecular weight excluding hydrogens is 456 g/mol. The van der Waals surface area contributed by atoms with E-state index in [2.05, 4.69) is 69.2 Å². The van der Waals surface area contributed by atoms with Gasteiger partial charge >= 0.3 is 0 Å². The number of likely N-dealkylation sites (tertiary alicyclic amines) is 1. The number of hydrogen-bond acceptors (Lipinski definition) is 6. The SMILES string of the molecule is COc1cccc(-n2c(SCC3CCCO3)nnc2C2CCN(C/C=C/c3ccccc3)CC2)c1. The van der Waals surface area contributed by atoms with Gasteiger partial charge in [-0.2, -0.15) is 0 Å². The second kappa shape index (κ2) is 11.9. The molecule has 0 bridgehead atoms. The Morgan fingerprint density at radius 2 is 1.91 bits per heavy atom. The fourth-order valence-corrected chi connectivity index (χ4v) is 5.87. The second-order valence-corrected chi connectivity index (χ2v) is 10.2.